The van der Waals surface area contributed by atoms with Gasteiger partial charge in [-0.1, -0.05) is 0 Å². The lowest BCUT2D eigenvalue weighted by Gasteiger charge is -2.06. The van der Waals surface area contributed by atoms with Gasteiger partial charge in [-0.25, -0.2) is 15.0 Å². The fraction of sp³-hybridized carbons (Fsp3) is 0.250. The molecule has 19 heavy (non-hydrogen) atoms. The first-order valence-corrected chi connectivity index (χ1v) is 5.91. The first-order chi connectivity index (χ1) is 9.22. The van der Waals surface area contributed by atoms with Crippen LogP contribution >= 0.6 is 0 Å². The lowest BCUT2D eigenvalue weighted by Crippen LogP contribution is -2.06. The molecular weight excluding hydrogens is 242 g/mol. The van der Waals surface area contributed by atoms with Crippen LogP contribution < -0.4 is 5.32 Å². The van der Waals surface area contributed by atoms with Crippen molar-refractivity contribution in [2.45, 2.75) is 20.4 Å². The molecular formula is C12H13N7. The van der Waals surface area contributed by atoms with Crippen LogP contribution in [0.5, 0.6) is 0 Å². The molecule has 3 heterocycles. The predicted molar refractivity (Wildman–Crippen MR) is 70.5 cm³/mol. The van der Waals surface area contributed by atoms with Gasteiger partial charge in [-0.15, -0.1) is 0 Å². The Kier molecular flexibility index (Phi) is 2.79. The van der Waals surface area contributed by atoms with E-state index in [-0.39, 0.29) is 0 Å². The highest BCUT2D eigenvalue weighted by molar-refractivity contribution is 5.82. The Morgan fingerprint density at radius 2 is 2.05 bits per heavy atom. The Morgan fingerprint density at radius 1 is 1.16 bits per heavy atom. The molecule has 0 amide bonds. The number of nitrogens with one attached hydrogen (secondary N) is 2. The van der Waals surface area contributed by atoms with Crippen molar-refractivity contribution >= 4 is 17.0 Å². The molecule has 7 heteroatoms. The fourth-order valence-corrected chi connectivity index (χ4v) is 1.84. The van der Waals surface area contributed by atoms with Crippen molar-refractivity contribution in [1.82, 2.24) is 29.9 Å². The van der Waals surface area contributed by atoms with Crippen molar-refractivity contribution in [1.29, 1.82) is 0 Å². The minimum Gasteiger partial charge on any atom is -0.362 e. The number of aryl methyl sites for hydroxylation is 2. The third kappa shape index (κ3) is 2.35. The lowest BCUT2D eigenvalue weighted by molar-refractivity contribution is 0.961. The van der Waals surface area contributed by atoms with E-state index in [4.69, 9.17) is 0 Å². The topological polar surface area (TPSA) is 92.3 Å². The number of anilines is 1. The van der Waals surface area contributed by atoms with Crippen molar-refractivity contribution in [3.63, 3.8) is 0 Å². The monoisotopic (exact) mass is 255 g/mol. The van der Waals surface area contributed by atoms with Crippen molar-refractivity contribution in [2.24, 2.45) is 0 Å². The summed E-state index contributed by atoms with van der Waals surface area (Å²) in [5.74, 6) is 1.40. The summed E-state index contributed by atoms with van der Waals surface area (Å²) in [6.45, 7) is 4.31. The van der Waals surface area contributed by atoms with Gasteiger partial charge in [-0.2, -0.15) is 0 Å². The van der Waals surface area contributed by atoms with Crippen LogP contribution in [0.4, 0.5) is 5.82 Å². The standard InChI is InChI=1S/C12H13N7/c1-7-3-13-4-9(17-7)5-14-11-10-12(16-6-15-10)19-8(2)18-11/h3-4,6H,5H2,1-2H3,(H2,14,15,16,18,19). The van der Waals surface area contributed by atoms with Gasteiger partial charge >= 0.3 is 0 Å². The second-order valence-corrected chi connectivity index (χ2v) is 4.23. The van der Waals surface area contributed by atoms with Crippen LogP contribution in [0.2, 0.25) is 0 Å². The van der Waals surface area contributed by atoms with E-state index in [1.54, 1.807) is 18.7 Å². The van der Waals surface area contributed by atoms with Gasteiger partial charge in [-0.05, 0) is 13.8 Å². The Morgan fingerprint density at radius 3 is 2.89 bits per heavy atom. The molecule has 96 valence electrons. The van der Waals surface area contributed by atoms with E-state index >= 15 is 0 Å². The molecule has 7 nitrogen and oxygen atoms in total. The Balaban J connectivity index is 1.87. The van der Waals surface area contributed by atoms with Crippen LogP contribution in [0.3, 0.4) is 0 Å². The number of aromatic nitrogens is 6. The van der Waals surface area contributed by atoms with E-state index in [2.05, 4.69) is 35.2 Å². The zero-order valence-corrected chi connectivity index (χ0v) is 10.7. The summed E-state index contributed by atoms with van der Waals surface area (Å²) in [5, 5.41) is 3.23. The second-order valence-electron chi connectivity index (χ2n) is 4.23. The average molecular weight is 255 g/mol. The molecule has 3 rings (SSSR count). The van der Waals surface area contributed by atoms with E-state index in [0.717, 1.165) is 22.7 Å². The maximum Gasteiger partial charge on any atom is 0.183 e. The van der Waals surface area contributed by atoms with Crippen molar-refractivity contribution in [3.8, 4) is 0 Å². The highest BCUT2D eigenvalue weighted by atomic mass is 15.1. The average Bonchev–Trinajstić information content (AvgIpc) is 2.84. The lowest BCUT2D eigenvalue weighted by atomic mass is 10.4. The van der Waals surface area contributed by atoms with E-state index in [1.165, 1.54) is 0 Å². The summed E-state index contributed by atoms with van der Waals surface area (Å²) >= 11 is 0. The summed E-state index contributed by atoms with van der Waals surface area (Å²) in [7, 11) is 0. The van der Waals surface area contributed by atoms with Crippen molar-refractivity contribution in [3.05, 3.63) is 35.9 Å². The molecule has 0 saturated heterocycles. The maximum absolute atomic E-state index is 4.38. The second kappa shape index (κ2) is 4.60. The largest absolute Gasteiger partial charge is 0.362 e. The van der Waals surface area contributed by atoms with E-state index in [0.29, 0.717) is 18.0 Å². The van der Waals surface area contributed by atoms with Gasteiger partial charge in [0.2, 0.25) is 0 Å². The fourth-order valence-electron chi connectivity index (χ4n) is 1.84. The first-order valence-electron chi connectivity index (χ1n) is 5.91. The summed E-state index contributed by atoms with van der Waals surface area (Å²) in [5.41, 5.74) is 3.21. The van der Waals surface area contributed by atoms with Gasteiger partial charge < -0.3 is 10.3 Å². The molecule has 0 fully saturated rings. The molecule has 0 radical (unpaired) electrons. The zero-order chi connectivity index (χ0) is 13.2. The number of aromatic amines is 1. The van der Waals surface area contributed by atoms with Crippen LogP contribution in [0.1, 0.15) is 17.2 Å². The molecule has 3 aromatic heterocycles. The molecule has 0 spiro atoms. The molecule has 0 atom stereocenters. The summed E-state index contributed by atoms with van der Waals surface area (Å²) in [6, 6.07) is 0. The van der Waals surface area contributed by atoms with Gasteiger partial charge in [0.25, 0.3) is 0 Å². The molecule has 0 unspecified atom stereocenters. The molecule has 2 N–H and O–H groups in total. The van der Waals surface area contributed by atoms with Crippen LogP contribution in [-0.2, 0) is 6.54 Å². The molecule has 0 aromatic carbocycles. The Bertz CT molecular complexity index is 719. The van der Waals surface area contributed by atoms with Gasteiger partial charge in [0.15, 0.2) is 11.5 Å². The smallest absolute Gasteiger partial charge is 0.183 e. The van der Waals surface area contributed by atoms with Crippen molar-refractivity contribution in [2.75, 3.05) is 5.32 Å². The maximum atomic E-state index is 4.38. The molecule has 0 bridgehead atoms. The minimum absolute atomic E-state index is 0.555. The summed E-state index contributed by atoms with van der Waals surface area (Å²) < 4.78 is 0. The number of H-pyrrole nitrogens is 1. The van der Waals surface area contributed by atoms with Gasteiger partial charge in [0.05, 0.1) is 30.5 Å². The molecule has 0 aliphatic rings. The quantitative estimate of drug-likeness (QED) is 0.734. The van der Waals surface area contributed by atoms with E-state index in [9.17, 15) is 0 Å². The van der Waals surface area contributed by atoms with E-state index in [1.807, 2.05) is 13.8 Å². The number of imidazole rings is 1. The van der Waals surface area contributed by atoms with E-state index < -0.39 is 0 Å². The number of hydrogen-bond acceptors (Lipinski definition) is 6. The number of hydrogen-bond donors (Lipinski definition) is 2. The number of rotatable bonds is 3. The van der Waals surface area contributed by atoms with Gasteiger partial charge in [-0.3, -0.25) is 9.97 Å². The van der Waals surface area contributed by atoms with Gasteiger partial charge in [0, 0.05) is 6.20 Å². The summed E-state index contributed by atoms with van der Waals surface area (Å²) in [4.78, 5) is 24.3. The highest BCUT2D eigenvalue weighted by Crippen LogP contribution is 2.16. The highest BCUT2D eigenvalue weighted by Gasteiger charge is 2.07. The SMILES string of the molecule is Cc1cncc(CNc2nc(C)nc3nc[nH]c23)n1. The third-order valence-electron chi connectivity index (χ3n) is 2.64. The van der Waals surface area contributed by atoms with Crippen LogP contribution in [0.25, 0.3) is 11.2 Å². The third-order valence-corrected chi connectivity index (χ3v) is 2.64. The van der Waals surface area contributed by atoms with Crippen LogP contribution in [-0.4, -0.2) is 29.9 Å². The molecule has 0 aliphatic heterocycles. The molecule has 0 aliphatic carbocycles. The number of nitrogens with zero attached hydrogens (tertiary/aromatic N) is 5. The summed E-state index contributed by atoms with van der Waals surface area (Å²) in [6.07, 6.45) is 5.07. The van der Waals surface area contributed by atoms with Crippen molar-refractivity contribution < 1.29 is 0 Å². The first kappa shape index (κ1) is 11.5. The Labute approximate surface area is 109 Å². The minimum atomic E-state index is 0.555. The van der Waals surface area contributed by atoms with Crippen LogP contribution in [0, 0.1) is 13.8 Å². The predicted octanol–water partition coefficient (Wildman–Crippen LogP) is 1.37. The Hall–Kier alpha value is -2.57. The number of fused-ring (bicyclic) bond motifs is 1. The van der Waals surface area contributed by atoms with Gasteiger partial charge in [0.1, 0.15) is 11.3 Å². The van der Waals surface area contributed by atoms with Crippen LogP contribution in [0.15, 0.2) is 18.7 Å². The molecule has 0 saturated carbocycles. The zero-order valence-electron chi connectivity index (χ0n) is 10.7. The molecule has 3 aromatic rings. The normalized spacial score (nSPS) is 10.8.